The predicted octanol–water partition coefficient (Wildman–Crippen LogP) is 2.71. The van der Waals surface area contributed by atoms with Crippen LogP contribution in [0.15, 0.2) is 47.7 Å². The first kappa shape index (κ1) is 23.3. The molecule has 0 radical (unpaired) electrons. The minimum absolute atomic E-state index is 0. The first-order valence-corrected chi connectivity index (χ1v) is 10.1. The SMILES string of the molecule is CCNC(=NCc1nncn1CC)N1CCN(CC=Cc2ccccc2)CC1.I. The summed E-state index contributed by atoms with van der Waals surface area (Å²) in [6.45, 7) is 11.5. The molecule has 0 atom stereocenters. The summed E-state index contributed by atoms with van der Waals surface area (Å²) in [5.74, 6) is 1.87. The molecule has 0 aliphatic carbocycles. The largest absolute Gasteiger partial charge is 0.357 e. The average Bonchev–Trinajstić information content (AvgIpc) is 3.20. The zero-order valence-electron chi connectivity index (χ0n) is 17.4. The number of halogens is 1. The molecule has 2 aromatic rings. The molecule has 7 nitrogen and oxygen atoms in total. The van der Waals surface area contributed by atoms with Gasteiger partial charge in [0, 0.05) is 45.8 Å². The van der Waals surface area contributed by atoms with Crippen molar-refractivity contribution >= 4 is 36.0 Å². The summed E-state index contributed by atoms with van der Waals surface area (Å²) < 4.78 is 2.03. The lowest BCUT2D eigenvalue weighted by molar-refractivity contribution is 0.194. The molecule has 1 aromatic heterocycles. The number of benzene rings is 1. The Labute approximate surface area is 190 Å². The monoisotopic (exact) mass is 509 g/mol. The van der Waals surface area contributed by atoms with Crippen LogP contribution in [0.2, 0.25) is 0 Å². The molecule has 158 valence electrons. The van der Waals surface area contributed by atoms with E-state index < -0.39 is 0 Å². The van der Waals surface area contributed by atoms with E-state index in [-0.39, 0.29) is 24.0 Å². The molecule has 0 amide bonds. The van der Waals surface area contributed by atoms with E-state index in [1.165, 1.54) is 5.56 Å². The van der Waals surface area contributed by atoms with Crippen LogP contribution in [-0.2, 0) is 13.1 Å². The van der Waals surface area contributed by atoms with Gasteiger partial charge in [-0.2, -0.15) is 0 Å². The average molecular weight is 509 g/mol. The van der Waals surface area contributed by atoms with Crippen molar-refractivity contribution in [2.75, 3.05) is 39.3 Å². The van der Waals surface area contributed by atoms with Gasteiger partial charge in [-0.1, -0.05) is 42.5 Å². The van der Waals surface area contributed by atoms with Gasteiger partial charge >= 0.3 is 0 Å². The van der Waals surface area contributed by atoms with E-state index in [1.807, 2.05) is 10.6 Å². The fourth-order valence-electron chi connectivity index (χ4n) is 3.28. The van der Waals surface area contributed by atoms with Crippen LogP contribution in [-0.4, -0.2) is 69.8 Å². The van der Waals surface area contributed by atoms with Crippen LogP contribution >= 0.6 is 24.0 Å². The van der Waals surface area contributed by atoms with Crippen LogP contribution in [0.5, 0.6) is 0 Å². The van der Waals surface area contributed by atoms with Crippen LogP contribution in [0, 0.1) is 0 Å². The summed E-state index contributed by atoms with van der Waals surface area (Å²) in [6.07, 6.45) is 6.21. The van der Waals surface area contributed by atoms with Crippen molar-refractivity contribution in [3.63, 3.8) is 0 Å². The highest BCUT2D eigenvalue weighted by atomic mass is 127. The maximum atomic E-state index is 4.79. The zero-order valence-corrected chi connectivity index (χ0v) is 19.7. The third-order valence-corrected chi connectivity index (χ3v) is 4.89. The Balaban J connectivity index is 0.00000300. The first-order valence-electron chi connectivity index (χ1n) is 10.1. The minimum atomic E-state index is 0. The molecule has 1 saturated heterocycles. The number of rotatable bonds is 7. The minimum Gasteiger partial charge on any atom is -0.357 e. The lowest BCUT2D eigenvalue weighted by Crippen LogP contribution is -2.52. The maximum absolute atomic E-state index is 4.79. The highest BCUT2D eigenvalue weighted by molar-refractivity contribution is 14.0. The van der Waals surface area contributed by atoms with Gasteiger partial charge in [-0.25, -0.2) is 4.99 Å². The Morgan fingerprint density at radius 1 is 1.14 bits per heavy atom. The van der Waals surface area contributed by atoms with Crippen LogP contribution in [0.3, 0.4) is 0 Å². The summed E-state index contributed by atoms with van der Waals surface area (Å²) in [5.41, 5.74) is 1.25. The summed E-state index contributed by atoms with van der Waals surface area (Å²) in [4.78, 5) is 9.61. The molecule has 1 N–H and O–H groups in total. The van der Waals surface area contributed by atoms with Crippen molar-refractivity contribution in [1.82, 2.24) is 29.9 Å². The van der Waals surface area contributed by atoms with Crippen molar-refractivity contribution in [1.29, 1.82) is 0 Å². The molecule has 3 rings (SSSR count). The highest BCUT2D eigenvalue weighted by Crippen LogP contribution is 2.06. The Bertz CT molecular complexity index is 764. The maximum Gasteiger partial charge on any atom is 0.194 e. The summed E-state index contributed by atoms with van der Waals surface area (Å²) >= 11 is 0. The predicted molar refractivity (Wildman–Crippen MR) is 129 cm³/mol. The van der Waals surface area contributed by atoms with E-state index in [2.05, 4.69) is 75.6 Å². The second-order valence-corrected chi connectivity index (χ2v) is 6.80. The number of aryl methyl sites for hydroxylation is 1. The highest BCUT2D eigenvalue weighted by Gasteiger charge is 2.19. The van der Waals surface area contributed by atoms with E-state index in [0.29, 0.717) is 6.54 Å². The van der Waals surface area contributed by atoms with Gasteiger partial charge < -0.3 is 14.8 Å². The van der Waals surface area contributed by atoms with Crippen LogP contribution in [0.1, 0.15) is 25.2 Å². The molecule has 1 aliphatic rings. The van der Waals surface area contributed by atoms with Crippen LogP contribution in [0.4, 0.5) is 0 Å². The van der Waals surface area contributed by atoms with Crippen molar-refractivity contribution in [3.05, 3.63) is 54.1 Å². The van der Waals surface area contributed by atoms with Crippen molar-refractivity contribution in [3.8, 4) is 0 Å². The van der Waals surface area contributed by atoms with Gasteiger partial charge in [0.2, 0.25) is 0 Å². The van der Waals surface area contributed by atoms with E-state index in [4.69, 9.17) is 4.99 Å². The summed E-state index contributed by atoms with van der Waals surface area (Å²) in [6, 6.07) is 10.5. The molecule has 1 aromatic carbocycles. The smallest absolute Gasteiger partial charge is 0.194 e. The number of aromatic nitrogens is 3. The molecular weight excluding hydrogens is 477 g/mol. The van der Waals surface area contributed by atoms with Gasteiger partial charge in [0.05, 0.1) is 0 Å². The molecule has 0 bridgehead atoms. The number of hydrogen-bond acceptors (Lipinski definition) is 4. The molecule has 1 fully saturated rings. The number of aliphatic imine (C=N–C) groups is 1. The number of nitrogens with zero attached hydrogens (tertiary/aromatic N) is 6. The Morgan fingerprint density at radius 2 is 1.90 bits per heavy atom. The lowest BCUT2D eigenvalue weighted by Gasteiger charge is -2.36. The lowest BCUT2D eigenvalue weighted by atomic mass is 10.2. The van der Waals surface area contributed by atoms with Crippen molar-refractivity contribution < 1.29 is 0 Å². The quantitative estimate of drug-likeness (QED) is 0.354. The molecule has 0 saturated carbocycles. The normalized spacial score (nSPS) is 15.5. The number of guanidine groups is 1. The standard InChI is InChI=1S/C21H31N7.HI/c1-3-22-21(23-17-20-25-24-18-27(20)4-2)28-15-13-26(14-16-28)12-8-11-19-9-6-5-7-10-19;/h5-11,18H,3-4,12-17H2,1-2H3,(H,22,23);1H. The van der Waals surface area contributed by atoms with Crippen molar-refractivity contribution in [2.45, 2.75) is 26.9 Å². The van der Waals surface area contributed by atoms with E-state index in [9.17, 15) is 0 Å². The Kier molecular flexibility index (Phi) is 10.1. The van der Waals surface area contributed by atoms with E-state index in [1.54, 1.807) is 6.33 Å². The van der Waals surface area contributed by atoms with Gasteiger partial charge in [-0.15, -0.1) is 34.2 Å². The zero-order chi connectivity index (χ0) is 19.6. The second-order valence-electron chi connectivity index (χ2n) is 6.80. The van der Waals surface area contributed by atoms with Crippen LogP contribution in [0.25, 0.3) is 6.08 Å². The third kappa shape index (κ3) is 7.11. The Morgan fingerprint density at radius 3 is 2.59 bits per heavy atom. The second kappa shape index (κ2) is 12.6. The van der Waals surface area contributed by atoms with Gasteiger partial charge in [0.25, 0.3) is 0 Å². The Hall–Kier alpha value is -1.94. The van der Waals surface area contributed by atoms with Gasteiger partial charge in [-0.3, -0.25) is 4.90 Å². The third-order valence-electron chi connectivity index (χ3n) is 4.89. The molecule has 1 aliphatic heterocycles. The first-order chi connectivity index (χ1) is 13.8. The van der Waals surface area contributed by atoms with E-state index in [0.717, 1.165) is 57.6 Å². The van der Waals surface area contributed by atoms with Gasteiger partial charge in [0.1, 0.15) is 12.9 Å². The fraction of sp³-hybridized carbons (Fsp3) is 0.476. The van der Waals surface area contributed by atoms with Crippen molar-refractivity contribution in [2.24, 2.45) is 4.99 Å². The molecule has 0 unspecified atom stereocenters. The fourth-order valence-corrected chi connectivity index (χ4v) is 3.28. The molecule has 0 spiro atoms. The summed E-state index contributed by atoms with van der Waals surface area (Å²) in [5, 5.41) is 11.6. The number of piperazine rings is 1. The van der Waals surface area contributed by atoms with Crippen LogP contribution < -0.4 is 5.32 Å². The number of hydrogen-bond donors (Lipinski definition) is 1. The number of nitrogens with one attached hydrogen (secondary N) is 1. The summed E-state index contributed by atoms with van der Waals surface area (Å²) in [7, 11) is 0. The van der Waals surface area contributed by atoms with Gasteiger partial charge in [0.15, 0.2) is 11.8 Å². The van der Waals surface area contributed by atoms with E-state index >= 15 is 0 Å². The molecule has 29 heavy (non-hydrogen) atoms. The molecule has 2 heterocycles. The topological polar surface area (TPSA) is 61.6 Å². The molecule has 8 heteroatoms. The van der Waals surface area contributed by atoms with Gasteiger partial charge in [-0.05, 0) is 19.4 Å². The molecular formula is C21H32IN7.